The Morgan fingerprint density at radius 1 is 0.519 bits per heavy atom. The van der Waals surface area contributed by atoms with Crippen molar-refractivity contribution >= 4 is 8.80 Å². The number of ether oxygens (including phenoxy) is 5. The predicted octanol–water partition coefficient (Wildman–Crippen LogP) is 2.14. The zero-order chi connectivity index (χ0) is 20.1. The average Bonchev–Trinajstić information content (AvgIpc) is 2.65. The van der Waals surface area contributed by atoms with E-state index in [1.807, 2.05) is 20.8 Å². The molecule has 0 aliphatic rings. The molecule has 0 saturated carbocycles. The van der Waals surface area contributed by atoms with E-state index in [1.165, 1.54) is 0 Å². The summed E-state index contributed by atoms with van der Waals surface area (Å²) in [5.74, 6) is 0. The second-order valence-electron chi connectivity index (χ2n) is 5.53. The molecular weight excluding hydrogens is 372 g/mol. The average molecular weight is 413 g/mol. The molecule has 0 unspecified atom stereocenters. The fraction of sp³-hybridized carbons (Fsp3) is 1.00. The lowest BCUT2D eigenvalue weighted by Crippen LogP contribution is -2.46. The van der Waals surface area contributed by atoms with Gasteiger partial charge in [0, 0.05) is 39.6 Å². The van der Waals surface area contributed by atoms with E-state index in [1.54, 1.807) is 7.11 Å². The highest BCUT2D eigenvalue weighted by Crippen LogP contribution is 2.18. The summed E-state index contributed by atoms with van der Waals surface area (Å²) in [7, 11) is -0.894. The van der Waals surface area contributed by atoms with Crippen LogP contribution < -0.4 is 0 Å². The third kappa shape index (κ3) is 16.5. The highest BCUT2D eigenvalue weighted by atomic mass is 28.4. The molecule has 27 heavy (non-hydrogen) atoms. The molecule has 0 atom stereocenters. The quantitative estimate of drug-likeness (QED) is 0.198. The van der Waals surface area contributed by atoms with Crippen LogP contribution in [0.3, 0.4) is 0 Å². The minimum atomic E-state index is -2.55. The van der Waals surface area contributed by atoms with E-state index in [9.17, 15) is 0 Å². The maximum absolute atomic E-state index is 5.81. The fourth-order valence-electron chi connectivity index (χ4n) is 2.30. The second kappa shape index (κ2) is 20.6. The first kappa shape index (κ1) is 26.9. The smallest absolute Gasteiger partial charge is 0.382 e. The SMILES string of the molecule is CCO[Si](CCCOCCOCCOCCOCCOC)(OCC)OCC. The van der Waals surface area contributed by atoms with Gasteiger partial charge in [0.1, 0.15) is 0 Å². The number of hydrogen-bond acceptors (Lipinski definition) is 8. The van der Waals surface area contributed by atoms with Crippen molar-refractivity contribution in [1.82, 2.24) is 0 Å². The summed E-state index contributed by atoms with van der Waals surface area (Å²) in [5.41, 5.74) is 0. The Balaban J connectivity index is 3.49. The van der Waals surface area contributed by atoms with Gasteiger partial charge in [0.15, 0.2) is 0 Å². The van der Waals surface area contributed by atoms with Crippen LogP contribution in [-0.4, -0.2) is 95.2 Å². The molecule has 0 aromatic rings. The Bertz CT molecular complexity index is 280. The van der Waals surface area contributed by atoms with Crippen LogP contribution in [0.1, 0.15) is 27.2 Å². The van der Waals surface area contributed by atoms with Crippen LogP contribution in [0.2, 0.25) is 6.04 Å². The van der Waals surface area contributed by atoms with Crippen molar-refractivity contribution in [3.63, 3.8) is 0 Å². The van der Waals surface area contributed by atoms with Gasteiger partial charge < -0.3 is 37.0 Å². The lowest BCUT2D eigenvalue weighted by molar-refractivity contribution is -0.00808. The number of rotatable bonds is 22. The molecule has 0 aliphatic carbocycles. The Morgan fingerprint density at radius 3 is 1.26 bits per heavy atom. The van der Waals surface area contributed by atoms with Gasteiger partial charge in [-0.1, -0.05) is 0 Å². The fourth-order valence-corrected chi connectivity index (χ4v) is 4.88. The molecule has 0 aliphatic heterocycles. The molecular formula is C18H40O8Si. The molecule has 0 saturated heterocycles. The lowest BCUT2D eigenvalue weighted by atomic mass is 10.5. The van der Waals surface area contributed by atoms with E-state index in [2.05, 4.69) is 0 Å². The molecule has 9 heteroatoms. The molecule has 0 bridgehead atoms. The van der Waals surface area contributed by atoms with E-state index in [-0.39, 0.29) is 0 Å². The minimum Gasteiger partial charge on any atom is -0.382 e. The van der Waals surface area contributed by atoms with Crippen LogP contribution in [0, 0.1) is 0 Å². The first-order valence-corrected chi connectivity index (χ1v) is 11.9. The summed E-state index contributed by atoms with van der Waals surface area (Å²) in [6.07, 6.45) is 0.846. The molecule has 0 spiro atoms. The van der Waals surface area contributed by atoms with Crippen molar-refractivity contribution in [2.75, 3.05) is 86.4 Å². The van der Waals surface area contributed by atoms with Crippen LogP contribution in [-0.2, 0) is 37.0 Å². The van der Waals surface area contributed by atoms with Crippen molar-refractivity contribution < 1.29 is 37.0 Å². The van der Waals surface area contributed by atoms with Gasteiger partial charge in [0.25, 0.3) is 0 Å². The van der Waals surface area contributed by atoms with Gasteiger partial charge in [-0.25, -0.2) is 0 Å². The number of hydrogen-bond donors (Lipinski definition) is 0. The Hall–Kier alpha value is -0.103. The molecule has 0 N–H and O–H groups in total. The van der Waals surface area contributed by atoms with Gasteiger partial charge in [-0.3, -0.25) is 0 Å². The summed E-state index contributed by atoms with van der Waals surface area (Å²) >= 11 is 0. The maximum atomic E-state index is 5.81. The zero-order valence-corrected chi connectivity index (χ0v) is 18.7. The summed E-state index contributed by atoms with van der Waals surface area (Å²) in [6, 6.07) is 0.768. The maximum Gasteiger partial charge on any atom is 0.501 e. The van der Waals surface area contributed by atoms with Crippen LogP contribution in [0.4, 0.5) is 0 Å². The first-order valence-electron chi connectivity index (χ1n) is 9.96. The Labute approximate surface area is 166 Å². The minimum absolute atomic E-state index is 0.552. The molecule has 0 aromatic heterocycles. The molecule has 164 valence electrons. The van der Waals surface area contributed by atoms with Crippen molar-refractivity contribution in [2.24, 2.45) is 0 Å². The van der Waals surface area contributed by atoms with E-state index in [0.717, 1.165) is 12.5 Å². The molecule has 0 rings (SSSR count). The molecule has 0 heterocycles. The van der Waals surface area contributed by atoms with Crippen LogP contribution in [0.15, 0.2) is 0 Å². The van der Waals surface area contributed by atoms with E-state index in [4.69, 9.17) is 37.0 Å². The van der Waals surface area contributed by atoms with Gasteiger partial charge >= 0.3 is 8.80 Å². The van der Waals surface area contributed by atoms with Gasteiger partial charge in [0.05, 0.1) is 52.9 Å². The summed E-state index contributed by atoms with van der Waals surface area (Å²) in [4.78, 5) is 0. The Kier molecular flexibility index (Phi) is 20.5. The van der Waals surface area contributed by atoms with Crippen molar-refractivity contribution in [2.45, 2.75) is 33.2 Å². The van der Waals surface area contributed by atoms with Gasteiger partial charge in [-0.05, 0) is 27.2 Å². The van der Waals surface area contributed by atoms with Crippen molar-refractivity contribution in [3.8, 4) is 0 Å². The van der Waals surface area contributed by atoms with Crippen LogP contribution >= 0.6 is 0 Å². The zero-order valence-electron chi connectivity index (χ0n) is 17.7. The topological polar surface area (TPSA) is 73.8 Å². The monoisotopic (exact) mass is 412 g/mol. The molecule has 8 nitrogen and oxygen atoms in total. The molecule has 0 aromatic carbocycles. The summed E-state index contributed by atoms with van der Waals surface area (Å²) in [5, 5.41) is 0. The van der Waals surface area contributed by atoms with E-state index in [0.29, 0.717) is 79.3 Å². The lowest BCUT2D eigenvalue weighted by Gasteiger charge is -2.28. The molecule has 0 fully saturated rings. The van der Waals surface area contributed by atoms with E-state index < -0.39 is 8.80 Å². The predicted molar refractivity (Wildman–Crippen MR) is 105 cm³/mol. The third-order valence-electron chi connectivity index (χ3n) is 3.41. The number of methoxy groups -OCH3 is 1. The summed E-state index contributed by atoms with van der Waals surface area (Å²) in [6.45, 7) is 12.9. The van der Waals surface area contributed by atoms with Gasteiger partial charge in [0.2, 0.25) is 0 Å². The standard InChI is InChI=1S/C18H40O8Si/c1-5-24-27(25-6-2,26-7-3)18-8-9-20-12-13-22-16-17-23-15-14-21-11-10-19-4/h5-18H2,1-4H3. The summed E-state index contributed by atoms with van der Waals surface area (Å²) < 4.78 is 44.1. The third-order valence-corrected chi connectivity index (χ3v) is 6.56. The highest BCUT2D eigenvalue weighted by Gasteiger charge is 2.39. The molecule has 0 radical (unpaired) electrons. The van der Waals surface area contributed by atoms with Crippen molar-refractivity contribution in [3.05, 3.63) is 0 Å². The largest absolute Gasteiger partial charge is 0.501 e. The van der Waals surface area contributed by atoms with Gasteiger partial charge in [-0.2, -0.15) is 0 Å². The molecule has 0 amide bonds. The van der Waals surface area contributed by atoms with Gasteiger partial charge in [-0.15, -0.1) is 0 Å². The highest BCUT2D eigenvalue weighted by molar-refractivity contribution is 6.60. The Morgan fingerprint density at radius 2 is 0.889 bits per heavy atom. The van der Waals surface area contributed by atoms with Crippen molar-refractivity contribution in [1.29, 1.82) is 0 Å². The first-order chi connectivity index (χ1) is 13.2. The second-order valence-corrected chi connectivity index (χ2v) is 8.26. The van der Waals surface area contributed by atoms with E-state index >= 15 is 0 Å². The van der Waals surface area contributed by atoms with Crippen LogP contribution in [0.5, 0.6) is 0 Å². The van der Waals surface area contributed by atoms with Crippen LogP contribution in [0.25, 0.3) is 0 Å². The normalized spacial score (nSPS) is 12.0.